The summed E-state index contributed by atoms with van der Waals surface area (Å²) >= 11 is 0. The van der Waals surface area contributed by atoms with Gasteiger partial charge in [0.25, 0.3) is 0 Å². The molecular weight excluding hydrogens is 562 g/mol. The van der Waals surface area contributed by atoms with Gasteiger partial charge < -0.3 is 0 Å². The Morgan fingerprint density at radius 3 is 1.91 bits per heavy atom. The van der Waals surface area contributed by atoms with Crippen molar-refractivity contribution in [2.75, 3.05) is 0 Å². The van der Waals surface area contributed by atoms with Crippen molar-refractivity contribution in [2.45, 2.75) is 13.8 Å². The third-order valence-corrected chi connectivity index (χ3v) is 8.28. The van der Waals surface area contributed by atoms with Crippen LogP contribution in [-0.4, -0.2) is 24.9 Å². The highest BCUT2D eigenvalue weighted by atomic mass is 14.9. The van der Waals surface area contributed by atoms with Gasteiger partial charge in [-0.15, -0.1) is 0 Å². The fraction of sp³-hybridized carbons (Fsp3) is 0.0488. The number of aromatic nitrogens is 5. The highest BCUT2D eigenvalue weighted by Gasteiger charge is 2.14. The number of rotatable bonds is 5. The highest BCUT2D eigenvalue weighted by Crippen LogP contribution is 2.35. The fourth-order valence-electron chi connectivity index (χ4n) is 6.00. The molecule has 0 saturated heterocycles. The van der Waals surface area contributed by atoms with Crippen molar-refractivity contribution in [1.29, 1.82) is 0 Å². The van der Waals surface area contributed by atoms with E-state index in [1.54, 1.807) is 6.20 Å². The molecule has 0 aliphatic heterocycles. The smallest absolute Gasteiger partial charge is 0.179 e. The molecule has 8 aromatic rings. The Morgan fingerprint density at radius 1 is 0.413 bits per heavy atom. The Morgan fingerprint density at radius 2 is 1.11 bits per heavy atom. The maximum atomic E-state index is 4.97. The first-order valence-corrected chi connectivity index (χ1v) is 15.3. The normalized spacial score (nSPS) is 11.3. The molecule has 0 unspecified atom stereocenters. The number of hydrogen-bond donors (Lipinski definition) is 0. The minimum atomic E-state index is 0.602. The first kappa shape index (κ1) is 27.5. The average molecular weight is 592 g/mol. The molecule has 0 N–H and O–H groups in total. The van der Waals surface area contributed by atoms with E-state index in [-0.39, 0.29) is 0 Å². The van der Waals surface area contributed by atoms with Gasteiger partial charge >= 0.3 is 0 Å². The molecule has 4 aromatic heterocycles. The minimum Gasteiger partial charge on any atom is -0.253 e. The SMILES string of the molecule is Cc1ccc2ccc3c(-c4ccc(-c5cccc(-c6cc(-c7ccccc7)nc(-c7ccccn7)n6)c5)cc4)cc(C)nc3c2n1. The summed E-state index contributed by atoms with van der Waals surface area (Å²) in [6, 6.07) is 46.0. The molecule has 0 aliphatic carbocycles. The molecule has 5 nitrogen and oxygen atoms in total. The van der Waals surface area contributed by atoms with E-state index in [4.69, 9.17) is 19.9 Å². The summed E-state index contributed by atoms with van der Waals surface area (Å²) in [4.78, 5) is 24.1. The molecule has 0 fully saturated rings. The van der Waals surface area contributed by atoms with Gasteiger partial charge in [0.1, 0.15) is 5.69 Å². The summed E-state index contributed by atoms with van der Waals surface area (Å²) in [6.45, 7) is 4.07. The molecule has 4 heterocycles. The van der Waals surface area contributed by atoms with Crippen molar-refractivity contribution in [3.05, 3.63) is 151 Å². The Balaban J connectivity index is 1.18. The molecule has 0 bridgehead atoms. The van der Waals surface area contributed by atoms with Gasteiger partial charge in [0, 0.05) is 39.5 Å². The third-order valence-electron chi connectivity index (χ3n) is 8.28. The number of pyridine rings is 3. The molecule has 0 amide bonds. The van der Waals surface area contributed by atoms with Gasteiger partial charge in [-0.25, -0.2) is 9.97 Å². The predicted molar refractivity (Wildman–Crippen MR) is 187 cm³/mol. The lowest BCUT2D eigenvalue weighted by atomic mass is 9.95. The van der Waals surface area contributed by atoms with Gasteiger partial charge in [-0.3, -0.25) is 15.0 Å². The van der Waals surface area contributed by atoms with Crippen LogP contribution in [-0.2, 0) is 0 Å². The molecule has 0 aliphatic rings. The van der Waals surface area contributed by atoms with Crippen LogP contribution in [0.5, 0.6) is 0 Å². The van der Waals surface area contributed by atoms with Gasteiger partial charge in [0.05, 0.1) is 22.4 Å². The van der Waals surface area contributed by atoms with Crippen LogP contribution in [0, 0.1) is 13.8 Å². The Bertz CT molecular complexity index is 2310. The highest BCUT2D eigenvalue weighted by molar-refractivity contribution is 6.08. The van der Waals surface area contributed by atoms with Crippen LogP contribution in [0.25, 0.3) is 78.1 Å². The average Bonchev–Trinajstić information content (AvgIpc) is 3.12. The van der Waals surface area contributed by atoms with E-state index in [1.165, 1.54) is 0 Å². The molecule has 4 aromatic carbocycles. The summed E-state index contributed by atoms with van der Waals surface area (Å²) in [7, 11) is 0. The molecule has 218 valence electrons. The maximum Gasteiger partial charge on any atom is 0.179 e. The Hall–Kier alpha value is -6.07. The van der Waals surface area contributed by atoms with Crippen LogP contribution >= 0.6 is 0 Å². The van der Waals surface area contributed by atoms with Gasteiger partial charge in [-0.1, -0.05) is 97.1 Å². The summed E-state index contributed by atoms with van der Waals surface area (Å²) in [5.74, 6) is 0.602. The first-order valence-electron chi connectivity index (χ1n) is 15.3. The van der Waals surface area contributed by atoms with Crippen LogP contribution in [0.3, 0.4) is 0 Å². The van der Waals surface area contributed by atoms with E-state index >= 15 is 0 Å². The Kier molecular flexibility index (Phi) is 6.84. The largest absolute Gasteiger partial charge is 0.253 e. The quantitative estimate of drug-likeness (QED) is 0.186. The number of aryl methyl sites for hydroxylation is 2. The minimum absolute atomic E-state index is 0.602. The number of hydrogen-bond acceptors (Lipinski definition) is 5. The monoisotopic (exact) mass is 591 g/mol. The van der Waals surface area contributed by atoms with E-state index in [9.17, 15) is 0 Å². The second-order valence-corrected chi connectivity index (χ2v) is 11.5. The maximum absolute atomic E-state index is 4.97. The van der Waals surface area contributed by atoms with Crippen molar-refractivity contribution in [3.63, 3.8) is 0 Å². The molecule has 8 rings (SSSR count). The first-order chi connectivity index (χ1) is 22.6. The van der Waals surface area contributed by atoms with Gasteiger partial charge in [0.2, 0.25) is 0 Å². The van der Waals surface area contributed by atoms with Crippen molar-refractivity contribution in [3.8, 4) is 56.3 Å². The van der Waals surface area contributed by atoms with Crippen LogP contribution < -0.4 is 0 Å². The third kappa shape index (κ3) is 5.18. The Labute approximate surface area is 267 Å². The predicted octanol–water partition coefficient (Wildman–Crippen LogP) is 9.92. The molecular formula is C41H29N5. The molecule has 0 spiro atoms. The molecule has 46 heavy (non-hydrogen) atoms. The summed E-state index contributed by atoms with van der Waals surface area (Å²) in [5.41, 5.74) is 12.9. The molecule has 0 radical (unpaired) electrons. The van der Waals surface area contributed by atoms with Crippen molar-refractivity contribution >= 4 is 21.8 Å². The van der Waals surface area contributed by atoms with Crippen molar-refractivity contribution in [1.82, 2.24) is 24.9 Å². The molecule has 5 heteroatoms. The van der Waals surface area contributed by atoms with Gasteiger partial charge in [-0.05, 0) is 72.5 Å². The van der Waals surface area contributed by atoms with E-state index in [2.05, 4.69) is 96.0 Å². The van der Waals surface area contributed by atoms with Crippen LogP contribution in [0.1, 0.15) is 11.4 Å². The van der Waals surface area contributed by atoms with Gasteiger partial charge in [0.15, 0.2) is 5.82 Å². The lowest BCUT2D eigenvalue weighted by Gasteiger charge is -2.12. The summed E-state index contributed by atoms with van der Waals surface area (Å²) in [6.07, 6.45) is 1.77. The summed E-state index contributed by atoms with van der Waals surface area (Å²) < 4.78 is 0. The standard InChI is InChI=1S/C41H29N5/c1-26-14-15-31-20-21-34-35(23-27(2)44-40(34)39(31)43-26)29-18-16-28(17-19-29)32-11-8-12-33(24-32)38-25-37(30-9-4-3-5-10-30)45-41(46-38)36-13-6-7-22-42-36/h3-25H,1-2H3. The molecule has 0 atom stereocenters. The molecule has 0 saturated carbocycles. The number of nitrogens with zero attached hydrogens (tertiary/aromatic N) is 5. The van der Waals surface area contributed by atoms with Gasteiger partial charge in [-0.2, -0.15) is 0 Å². The van der Waals surface area contributed by atoms with Crippen molar-refractivity contribution < 1.29 is 0 Å². The topological polar surface area (TPSA) is 64.5 Å². The summed E-state index contributed by atoms with van der Waals surface area (Å²) in [5, 5.41) is 2.21. The lowest BCUT2D eigenvalue weighted by molar-refractivity contribution is 1.15. The van der Waals surface area contributed by atoms with Crippen molar-refractivity contribution in [2.24, 2.45) is 0 Å². The zero-order chi connectivity index (χ0) is 31.0. The van der Waals surface area contributed by atoms with Crippen LogP contribution in [0.2, 0.25) is 0 Å². The zero-order valence-corrected chi connectivity index (χ0v) is 25.5. The van der Waals surface area contributed by atoms with E-state index in [1.807, 2.05) is 56.3 Å². The zero-order valence-electron chi connectivity index (χ0n) is 25.5. The van der Waals surface area contributed by atoms with E-state index in [0.717, 1.165) is 83.7 Å². The van der Waals surface area contributed by atoms with Crippen LogP contribution in [0.4, 0.5) is 0 Å². The van der Waals surface area contributed by atoms with E-state index < -0.39 is 0 Å². The number of benzene rings is 4. The lowest BCUT2D eigenvalue weighted by Crippen LogP contribution is -1.97. The van der Waals surface area contributed by atoms with E-state index in [0.29, 0.717) is 5.82 Å². The van der Waals surface area contributed by atoms with Crippen LogP contribution in [0.15, 0.2) is 140 Å². The fourth-order valence-corrected chi connectivity index (χ4v) is 6.00. The second-order valence-electron chi connectivity index (χ2n) is 11.5. The number of fused-ring (bicyclic) bond motifs is 3. The second kappa shape index (κ2) is 11.5.